The van der Waals surface area contributed by atoms with Crippen molar-refractivity contribution in [1.29, 1.82) is 0 Å². The van der Waals surface area contributed by atoms with Crippen LogP contribution in [0.15, 0.2) is 22.3 Å². The monoisotopic (exact) mass is 639 g/mol. The van der Waals surface area contributed by atoms with E-state index in [4.69, 9.17) is 4.74 Å². The Morgan fingerprint density at radius 2 is 1.23 bits per heavy atom. The maximum atomic E-state index is 6.40. The van der Waals surface area contributed by atoms with E-state index in [9.17, 15) is 0 Å². The largest absolute Gasteiger partial charge is 0.366 e. The SMILES string of the molecule is CCOCN1CC2C3=C4C5C6=C(C3)CC3CC7CC8CC9CC%10CC%11CC2(C2C4C4C5C5C(C63)C7C3C8C9C6C%10C(C4C6C35)C%112)C1CC. The summed E-state index contributed by atoms with van der Waals surface area (Å²) in [5.41, 5.74) is 9.36. The Labute approximate surface area is 288 Å². The molecule has 28 atom stereocenters. The summed E-state index contributed by atoms with van der Waals surface area (Å²) in [5, 5.41) is 0. The molecule has 13 saturated carbocycles. The van der Waals surface area contributed by atoms with Gasteiger partial charge in [0.1, 0.15) is 0 Å². The van der Waals surface area contributed by atoms with Crippen LogP contribution in [0.5, 0.6) is 0 Å². The molecule has 0 aromatic heterocycles. The Bertz CT molecular complexity index is 1740. The summed E-state index contributed by atoms with van der Waals surface area (Å²) in [6.45, 7) is 8.02. The van der Waals surface area contributed by atoms with Crippen LogP contribution in [-0.4, -0.2) is 30.8 Å². The van der Waals surface area contributed by atoms with Crippen LogP contribution < -0.4 is 0 Å². The third-order valence-corrected chi connectivity index (χ3v) is 24.0. The first-order chi connectivity index (χ1) is 23.7. The zero-order chi connectivity index (χ0) is 30.2. The lowest BCUT2D eigenvalue weighted by atomic mass is 9.42. The van der Waals surface area contributed by atoms with Crippen molar-refractivity contribution < 1.29 is 4.74 Å². The quantitative estimate of drug-likeness (QED) is 0.289. The molecule has 14 fully saturated rings. The average Bonchev–Trinajstić information content (AvgIpc) is 3.93. The number of allylic oxidation sites excluding steroid dienone is 3. The molecule has 28 unspecified atom stereocenters. The minimum atomic E-state index is 0.577. The number of fused-ring (bicyclic) bond motifs is 1. The van der Waals surface area contributed by atoms with Gasteiger partial charge in [-0.2, -0.15) is 0 Å². The fourth-order valence-corrected chi connectivity index (χ4v) is 25.6. The lowest BCUT2D eigenvalue weighted by molar-refractivity contribution is -0.149. The van der Waals surface area contributed by atoms with Gasteiger partial charge in [-0.15, -0.1) is 0 Å². The summed E-state index contributed by atoms with van der Waals surface area (Å²) in [6.07, 6.45) is 14.5. The van der Waals surface area contributed by atoms with E-state index in [1.165, 1.54) is 78.6 Å². The van der Waals surface area contributed by atoms with Gasteiger partial charge in [0.25, 0.3) is 0 Å². The Morgan fingerprint density at radius 3 is 1.98 bits per heavy atom. The van der Waals surface area contributed by atoms with E-state index >= 15 is 0 Å². The Morgan fingerprint density at radius 1 is 0.625 bits per heavy atom. The van der Waals surface area contributed by atoms with Gasteiger partial charge in [0, 0.05) is 31.0 Å². The van der Waals surface area contributed by atoms with Gasteiger partial charge in [0.15, 0.2) is 0 Å². The van der Waals surface area contributed by atoms with Gasteiger partial charge in [-0.25, -0.2) is 0 Å². The second-order valence-electron chi connectivity index (χ2n) is 23.1. The molecule has 1 heterocycles. The lowest BCUT2D eigenvalue weighted by Crippen LogP contribution is -2.60. The molecule has 0 aromatic rings. The van der Waals surface area contributed by atoms with E-state index in [0.717, 1.165) is 114 Å². The summed E-state index contributed by atoms with van der Waals surface area (Å²) in [7, 11) is 0. The topological polar surface area (TPSA) is 12.5 Å². The minimum Gasteiger partial charge on any atom is -0.366 e. The molecule has 0 aromatic carbocycles. The number of hydrogen-bond donors (Lipinski definition) is 0. The normalized spacial score (nSPS) is 74.5. The van der Waals surface area contributed by atoms with Crippen molar-refractivity contribution in [2.45, 2.75) is 77.7 Å². The molecular formula is C46H57NO. The van der Waals surface area contributed by atoms with Crippen molar-refractivity contribution in [2.75, 3.05) is 19.9 Å². The summed E-state index contributed by atoms with van der Waals surface area (Å²) >= 11 is 0. The molecule has 17 aliphatic rings. The molecule has 2 nitrogen and oxygen atoms in total. The maximum Gasteiger partial charge on any atom is 0.0992 e. The fraction of sp³-hybridized carbons (Fsp3) is 0.913. The van der Waals surface area contributed by atoms with Gasteiger partial charge < -0.3 is 4.74 Å². The van der Waals surface area contributed by atoms with E-state index in [-0.39, 0.29) is 0 Å². The molecule has 252 valence electrons. The van der Waals surface area contributed by atoms with Crippen LogP contribution in [0, 0.1) is 159 Å². The standard InChI is InChI=1S/C46H57NO/c1-3-24-46-12-21-10-19-8-16-5-15-6-18-7-17-9-20-11-22(23(46)13-47(24)14-48-4-2)32-37-28(20)27(17)34-29(18)33-25(15)26(16)35-30(19)36-31(21)45(46)44(32)43-41(36)39(35)38(33)40(34)42(37)43/h15-19,21,23-27,29-31,33-45H,3-14H2,1-2H3. The third kappa shape index (κ3) is 2.06. The van der Waals surface area contributed by atoms with E-state index < -0.39 is 0 Å². The smallest absolute Gasteiger partial charge is 0.0992 e. The van der Waals surface area contributed by atoms with E-state index in [2.05, 4.69) is 41.0 Å². The first-order valence-corrected chi connectivity index (χ1v) is 22.5. The summed E-state index contributed by atoms with van der Waals surface area (Å²) in [5.74, 6) is 29.3. The van der Waals surface area contributed by atoms with Crippen molar-refractivity contribution in [2.24, 2.45) is 159 Å². The molecule has 0 radical (unpaired) electrons. The highest BCUT2D eigenvalue weighted by Crippen LogP contribution is 2.93. The molecule has 17 rings (SSSR count). The molecular weight excluding hydrogens is 583 g/mol. The van der Waals surface area contributed by atoms with Gasteiger partial charge >= 0.3 is 0 Å². The van der Waals surface area contributed by atoms with Gasteiger partial charge in [-0.1, -0.05) is 29.2 Å². The van der Waals surface area contributed by atoms with Crippen molar-refractivity contribution in [1.82, 2.24) is 4.90 Å². The van der Waals surface area contributed by atoms with Gasteiger partial charge in [-0.05, 0) is 212 Å². The van der Waals surface area contributed by atoms with Crippen LogP contribution in [0.4, 0.5) is 0 Å². The van der Waals surface area contributed by atoms with Crippen molar-refractivity contribution >= 4 is 0 Å². The van der Waals surface area contributed by atoms with Crippen LogP contribution in [0.1, 0.15) is 71.6 Å². The zero-order valence-corrected chi connectivity index (χ0v) is 29.4. The average molecular weight is 640 g/mol. The van der Waals surface area contributed by atoms with Crippen LogP contribution in [0.2, 0.25) is 0 Å². The highest BCUT2D eigenvalue weighted by atomic mass is 16.5. The predicted molar refractivity (Wildman–Crippen MR) is 181 cm³/mol. The number of hydrogen-bond acceptors (Lipinski definition) is 2. The molecule has 0 amide bonds. The van der Waals surface area contributed by atoms with Crippen molar-refractivity contribution in [3.63, 3.8) is 0 Å². The molecule has 0 N–H and O–H groups in total. The maximum absolute atomic E-state index is 6.40. The first-order valence-electron chi connectivity index (χ1n) is 22.5. The van der Waals surface area contributed by atoms with Gasteiger partial charge in [0.2, 0.25) is 0 Å². The van der Waals surface area contributed by atoms with Crippen LogP contribution in [-0.2, 0) is 4.74 Å². The van der Waals surface area contributed by atoms with Crippen molar-refractivity contribution in [3.8, 4) is 0 Å². The van der Waals surface area contributed by atoms with E-state index in [1.807, 2.05) is 0 Å². The van der Waals surface area contributed by atoms with Crippen LogP contribution >= 0.6 is 0 Å². The lowest BCUT2D eigenvalue weighted by Gasteiger charge is -2.62. The molecule has 1 spiro atoms. The second kappa shape index (κ2) is 7.31. The van der Waals surface area contributed by atoms with Crippen LogP contribution in [0.3, 0.4) is 0 Å². The predicted octanol–water partition coefficient (Wildman–Crippen LogP) is 8.01. The number of ether oxygens (including phenoxy) is 1. The summed E-state index contributed by atoms with van der Waals surface area (Å²) in [6, 6.07) is 0.780. The van der Waals surface area contributed by atoms with E-state index in [0.29, 0.717) is 5.41 Å². The Hall–Kier alpha value is -0.600. The van der Waals surface area contributed by atoms with Crippen LogP contribution in [0.25, 0.3) is 0 Å². The first kappa shape index (κ1) is 25.4. The van der Waals surface area contributed by atoms with E-state index in [1.54, 1.807) is 44.9 Å². The highest BCUT2D eigenvalue weighted by molar-refractivity contribution is 5.56. The molecule has 1 saturated heterocycles. The van der Waals surface area contributed by atoms with Gasteiger partial charge in [0.05, 0.1) is 6.73 Å². The number of nitrogens with zero attached hydrogens (tertiary/aromatic N) is 1. The van der Waals surface area contributed by atoms with Gasteiger partial charge in [-0.3, -0.25) is 4.90 Å². The van der Waals surface area contributed by atoms with Crippen molar-refractivity contribution in [3.05, 3.63) is 22.3 Å². The Kier molecular flexibility index (Phi) is 3.87. The number of rotatable bonds is 4. The molecule has 16 aliphatic carbocycles. The molecule has 48 heavy (non-hydrogen) atoms. The molecule has 0 bridgehead atoms. The zero-order valence-electron chi connectivity index (χ0n) is 29.4. The highest BCUT2D eigenvalue weighted by Gasteiger charge is 2.88. The summed E-state index contributed by atoms with van der Waals surface area (Å²) < 4.78 is 6.40. The second-order valence-corrected chi connectivity index (χ2v) is 23.1. The minimum absolute atomic E-state index is 0.577. The number of likely N-dealkylation sites (tertiary alicyclic amines) is 1. The third-order valence-electron chi connectivity index (χ3n) is 24.0. The fourth-order valence-electron chi connectivity index (χ4n) is 25.6. The molecule has 1 aliphatic heterocycles. The Balaban J connectivity index is 0.998. The molecule has 2 heteroatoms. The summed E-state index contributed by atoms with van der Waals surface area (Å²) in [4.78, 5) is 2.99.